The van der Waals surface area contributed by atoms with Gasteiger partial charge in [0.05, 0.1) is 59.5 Å². The fraction of sp³-hybridized carbons (Fsp3) is 0.857. The summed E-state index contributed by atoms with van der Waals surface area (Å²) in [5.41, 5.74) is 0. The number of aliphatic hydroxyl groups is 3. The molecule has 0 radical (unpaired) electrons. The summed E-state index contributed by atoms with van der Waals surface area (Å²) in [6.45, 7) is 5.28. The summed E-state index contributed by atoms with van der Waals surface area (Å²) in [7, 11) is 0. The maximum atomic E-state index is 11.1. The van der Waals surface area contributed by atoms with Gasteiger partial charge in [0.1, 0.15) is 55.4 Å². The first-order valence-electron chi connectivity index (χ1n) is 11.0. The molecule has 12 nitrogen and oxygen atoms in total. The van der Waals surface area contributed by atoms with E-state index in [4.69, 9.17) is 37.9 Å². The van der Waals surface area contributed by atoms with E-state index in [0.29, 0.717) is 26.4 Å². The molecular formula is C21H34O12. The molecule has 0 amide bonds. The van der Waals surface area contributed by atoms with E-state index in [1.54, 1.807) is 0 Å². The number of carbonyl (C=O) groups excluding carboxylic acids is 1. The van der Waals surface area contributed by atoms with Gasteiger partial charge in [-0.3, -0.25) is 0 Å². The lowest BCUT2D eigenvalue weighted by molar-refractivity contribution is -0.176. The molecule has 0 aromatic heterocycles. The topological polar surface area (TPSA) is 162 Å². The number of hydrogen-bond donors (Lipinski definition) is 3. The van der Waals surface area contributed by atoms with Crippen molar-refractivity contribution in [3.8, 4) is 0 Å². The van der Waals surface area contributed by atoms with Crippen LogP contribution in [0.25, 0.3) is 0 Å². The van der Waals surface area contributed by atoms with Crippen molar-refractivity contribution < 1.29 is 58.0 Å². The molecule has 3 saturated heterocycles. The van der Waals surface area contributed by atoms with E-state index in [1.165, 1.54) is 0 Å². The van der Waals surface area contributed by atoms with Gasteiger partial charge in [-0.15, -0.1) is 0 Å². The van der Waals surface area contributed by atoms with Gasteiger partial charge in [-0.05, 0) is 0 Å². The van der Waals surface area contributed by atoms with Gasteiger partial charge >= 0.3 is 5.97 Å². The summed E-state index contributed by atoms with van der Waals surface area (Å²) in [5.74, 6) is -0.650. The molecule has 190 valence electrons. The molecule has 8 unspecified atom stereocenters. The van der Waals surface area contributed by atoms with E-state index in [-0.39, 0.29) is 58.0 Å². The van der Waals surface area contributed by atoms with Crippen molar-refractivity contribution in [2.45, 2.75) is 48.8 Å². The van der Waals surface area contributed by atoms with Gasteiger partial charge in [0.25, 0.3) is 0 Å². The normalized spacial score (nSPS) is 27.8. The Morgan fingerprint density at radius 1 is 0.879 bits per heavy atom. The zero-order valence-electron chi connectivity index (χ0n) is 18.5. The second kappa shape index (κ2) is 13.6. The molecule has 0 aromatic rings. The van der Waals surface area contributed by atoms with Crippen LogP contribution in [-0.4, -0.2) is 136 Å². The molecule has 3 aliphatic rings. The highest BCUT2D eigenvalue weighted by Gasteiger charge is 2.38. The molecule has 0 bridgehead atoms. The molecular weight excluding hydrogens is 444 g/mol. The summed E-state index contributed by atoms with van der Waals surface area (Å²) in [5, 5.41) is 31.2. The highest BCUT2D eigenvalue weighted by molar-refractivity contribution is 5.81. The van der Waals surface area contributed by atoms with Crippen molar-refractivity contribution in [2.24, 2.45) is 0 Å². The zero-order chi connectivity index (χ0) is 23.6. The molecule has 3 heterocycles. The van der Waals surface area contributed by atoms with E-state index in [2.05, 4.69) is 6.58 Å². The minimum absolute atomic E-state index is 0.0357. The van der Waals surface area contributed by atoms with Gasteiger partial charge in [-0.1, -0.05) is 6.58 Å². The van der Waals surface area contributed by atoms with Gasteiger partial charge < -0.3 is 53.2 Å². The number of rotatable bonds is 20. The summed E-state index contributed by atoms with van der Waals surface area (Å²) in [6, 6.07) is 0. The molecule has 3 rings (SSSR count). The van der Waals surface area contributed by atoms with Crippen LogP contribution in [0.15, 0.2) is 12.7 Å². The third-order valence-corrected chi connectivity index (χ3v) is 5.04. The van der Waals surface area contributed by atoms with E-state index in [9.17, 15) is 20.1 Å². The van der Waals surface area contributed by atoms with Crippen molar-refractivity contribution >= 4 is 5.97 Å². The first-order chi connectivity index (χ1) is 16.0. The monoisotopic (exact) mass is 478 g/mol. The van der Waals surface area contributed by atoms with Gasteiger partial charge in [0, 0.05) is 6.08 Å². The maximum Gasteiger partial charge on any atom is 0.330 e. The lowest BCUT2D eigenvalue weighted by Gasteiger charge is -2.33. The highest BCUT2D eigenvalue weighted by Crippen LogP contribution is 2.20. The Kier molecular flexibility index (Phi) is 10.9. The van der Waals surface area contributed by atoms with E-state index >= 15 is 0 Å². The Labute approximate surface area is 192 Å². The van der Waals surface area contributed by atoms with Crippen LogP contribution < -0.4 is 0 Å². The molecule has 0 aliphatic carbocycles. The minimum Gasteiger partial charge on any atom is -0.460 e. The van der Waals surface area contributed by atoms with Gasteiger partial charge in [0.2, 0.25) is 0 Å². The predicted molar refractivity (Wildman–Crippen MR) is 110 cm³/mol. The molecule has 0 spiro atoms. The van der Waals surface area contributed by atoms with Crippen molar-refractivity contribution in [1.29, 1.82) is 0 Å². The molecule has 33 heavy (non-hydrogen) atoms. The molecule has 12 heteroatoms. The average Bonchev–Trinajstić information content (AvgIpc) is 3.63. The van der Waals surface area contributed by atoms with Crippen LogP contribution in [0.5, 0.6) is 0 Å². The summed E-state index contributed by atoms with van der Waals surface area (Å²) < 4.78 is 42.9. The summed E-state index contributed by atoms with van der Waals surface area (Å²) >= 11 is 0. The highest BCUT2D eigenvalue weighted by atomic mass is 16.6. The average molecular weight is 478 g/mol. The van der Waals surface area contributed by atoms with Crippen LogP contribution in [0.4, 0.5) is 0 Å². The van der Waals surface area contributed by atoms with Crippen LogP contribution in [0.3, 0.4) is 0 Å². The Bertz CT molecular complexity index is 592. The standard InChI is InChI=1S/C21H34O12/c1-2-19(24)32-4-13(22)3-26-12-18(31-9-15-7-29-15)21(33-10-16-8-30-16)20(25)17(23)11-27-5-14-6-28-14/h2,13-18,20-23,25H,1,3-12H2. The smallest absolute Gasteiger partial charge is 0.330 e. The van der Waals surface area contributed by atoms with Crippen molar-refractivity contribution in [2.75, 3.05) is 66.1 Å². The fourth-order valence-electron chi connectivity index (χ4n) is 2.85. The molecule has 3 fully saturated rings. The number of hydrogen-bond acceptors (Lipinski definition) is 12. The molecule has 3 aliphatic heterocycles. The zero-order valence-corrected chi connectivity index (χ0v) is 18.5. The Hall–Kier alpha value is -1.19. The maximum absolute atomic E-state index is 11.1. The summed E-state index contributed by atoms with van der Waals surface area (Å²) in [6.07, 6.45) is -4.47. The number of ether oxygens (including phenoxy) is 8. The molecule has 8 atom stereocenters. The second-order valence-electron chi connectivity index (χ2n) is 8.16. The van der Waals surface area contributed by atoms with Crippen molar-refractivity contribution in [1.82, 2.24) is 0 Å². The molecule has 0 aromatic carbocycles. The van der Waals surface area contributed by atoms with Crippen LogP contribution in [0.1, 0.15) is 0 Å². The minimum atomic E-state index is -1.34. The lowest BCUT2D eigenvalue weighted by Crippen LogP contribution is -2.51. The largest absolute Gasteiger partial charge is 0.460 e. The van der Waals surface area contributed by atoms with E-state index in [0.717, 1.165) is 6.08 Å². The van der Waals surface area contributed by atoms with Gasteiger partial charge in [0.15, 0.2) is 0 Å². The van der Waals surface area contributed by atoms with Crippen LogP contribution >= 0.6 is 0 Å². The lowest BCUT2D eigenvalue weighted by atomic mass is 10.0. The fourth-order valence-corrected chi connectivity index (χ4v) is 2.85. The van der Waals surface area contributed by atoms with Crippen molar-refractivity contribution in [3.05, 3.63) is 12.7 Å². The van der Waals surface area contributed by atoms with Crippen LogP contribution in [-0.2, 0) is 42.7 Å². The Morgan fingerprint density at radius 3 is 2.09 bits per heavy atom. The van der Waals surface area contributed by atoms with Gasteiger partial charge in [-0.25, -0.2) is 4.79 Å². The number of carbonyl (C=O) groups is 1. The van der Waals surface area contributed by atoms with Crippen molar-refractivity contribution in [3.63, 3.8) is 0 Å². The molecule has 3 N–H and O–H groups in total. The van der Waals surface area contributed by atoms with E-state index < -0.39 is 36.5 Å². The first-order valence-corrected chi connectivity index (χ1v) is 11.0. The van der Waals surface area contributed by atoms with Crippen LogP contribution in [0, 0.1) is 0 Å². The molecule has 0 saturated carbocycles. The third-order valence-electron chi connectivity index (χ3n) is 5.04. The Balaban J connectivity index is 1.51. The van der Waals surface area contributed by atoms with E-state index in [1.807, 2.05) is 0 Å². The predicted octanol–water partition coefficient (Wildman–Crippen LogP) is -2.20. The third kappa shape index (κ3) is 10.7. The SMILES string of the molecule is C=CC(=O)OCC(O)COCC(OCC1CO1)C(OCC1CO1)C(O)C(O)COCC1CO1. The number of epoxide rings is 3. The quantitative estimate of drug-likeness (QED) is 0.0985. The summed E-state index contributed by atoms with van der Waals surface area (Å²) in [4.78, 5) is 11.1. The number of esters is 1. The first kappa shape index (κ1) is 26.4. The van der Waals surface area contributed by atoms with Gasteiger partial charge in [-0.2, -0.15) is 0 Å². The Morgan fingerprint density at radius 2 is 1.48 bits per heavy atom. The van der Waals surface area contributed by atoms with Crippen LogP contribution in [0.2, 0.25) is 0 Å². The second-order valence-corrected chi connectivity index (χ2v) is 8.16. The number of aliphatic hydroxyl groups excluding tert-OH is 3.